The van der Waals surface area contributed by atoms with Gasteiger partial charge < -0.3 is 9.13 Å². The zero-order valence-corrected chi connectivity index (χ0v) is 26.1. The summed E-state index contributed by atoms with van der Waals surface area (Å²) in [4.78, 5) is 0. The summed E-state index contributed by atoms with van der Waals surface area (Å²) in [6, 6.07) is 50.9. The highest BCUT2D eigenvalue weighted by Gasteiger charge is 2.24. The molecular formula is C44H28N4. The fourth-order valence-corrected chi connectivity index (χ4v) is 7.73. The number of benzene rings is 6. The van der Waals surface area contributed by atoms with E-state index < -0.39 is 0 Å². The molecule has 0 radical (unpaired) electrons. The van der Waals surface area contributed by atoms with Gasteiger partial charge in [-0.2, -0.15) is 10.5 Å². The van der Waals surface area contributed by atoms with E-state index in [9.17, 15) is 10.5 Å². The van der Waals surface area contributed by atoms with Gasteiger partial charge in [0.2, 0.25) is 0 Å². The highest BCUT2D eigenvalue weighted by atomic mass is 15.0. The van der Waals surface area contributed by atoms with Crippen molar-refractivity contribution >= 4 is 38.8 Å². The minimum absolute atomic E-state index is 0.626. The molecule has 2 heterocycles. The van der Waals surface area contributed by atoms with Gasteiger partial charge in [-0.05, 0) is 60.4 Å². The topological polar surface area (TPSA) is 57.4 Å². The van der Waals surface area contributed by atoms with Gasteiger partial charge >= 0.3 is 0 Å². The molecule has 0 N–H and O–H groups in total. The van der Waals surface area contributed by atoms with Crippen LogP contribution in [0, 0.1) is 22.7 Å². The summed E-state index contributed by atoms with van der Waals surface area (Å²) >= 11 is 0. The molecule has 4 heteroatoms. The standard InChI is InChI=1S/C44H28N4/c45-27-29-13-11-26-43-44(29)36-19-6-10-24-41(36)48(43)38-21-7-3-16-33(38)31-15-2-1-14-30(31)32-20-12-25-42(37(32)28-46)47-39-22-8-4-17-34(39)35-18-5-9-23-40(35)47/h1-9,11-23,25-26H,10,24H2. The van der Waals surface area contributed by atoms with Gasteiger partial charge in [0.25, 0.3) is 0 Å². The monoisotopic (exact) mass is 612 g/mol. The Kier molecular flexibility index (Phi) is 6.35. The summed E-state index contributed by atoms with van der Waals surface area (Å²) in [5.74, 6) is 0. The van der Waals surface area contributed by atoms with Gasteiger partial charge in [-0.25, -0.2) is 0 Å². The van der Waals surface area contributed by atoms with Crippen molar-refractivity contribution in [3.05, 3.63) is 162 Å². The SMILES string of the molecule is N#Cc1c(-c2ccccc2-c2ccccc2-n2c3c(c4c(C#N)cccc42)C=CCC3)cccc1-n1c2ccccc2c2ccccc21. The summed E-state index contributed by atoms with van der Waals surface area (Å²) in [6.07, 6.45) is 6.22. The summed E-state index contributed by atoms with van der Waals surface area (Å²) in [5, 5.41) is 24.2. The van der Waals surface area contributed by atoms with Gasteiger partial charge in [0.05, 0.1) is 45.1 Å². The molecule has 0 bridgehead atoms. The molecule has 0 fully saturated rings. The van der Waals surface area contributed by atoms with Crippen LogP contribution in [0.4, 0.5) is 0 Å². The fourth-order valence-electron chi connectivity index (χ4n) is 7.73. The second-order valence-corrected chi connectivity index (χ2v) is 12.2. The predicted octanol–water partition coefficient (Wildman–Crippen LogP) is 10.8. The van der Waals surface area contributed by atoms with E-state index in [0.29, 0.717) is 11.1 Å². The lowest BCUT2D eigenvalue weighted by Crippen LogP contribution is -2.05. The first-order valence-electron chi connectivity index (χ1n) is 16.2. The minimum Gasteiger partial charge on any atom is -0.312 e. The van der Waals surface area contributed by atoms with Crippen LogP contribution in [0.5, 0.6) is 0 Å². The van der Waals surface area contributed by atoms with E-state index in [1.165, 1.54) is 5.69 Å². The van der Waals surface area contributed by atoms with E-state index in [0.717, 1.165) is 84.7 Å². The number of hydrogen-bond donors (Lipinski definition) is 0. The Morgan fingerprint density at radius 1 is 0.500 bits per heavy atom. The lowest BCUT2D eigenvalue weighted by molar-refractivity contribution is 0.889. The Balaban J connectivity index is 1.30. The second-order valence-electron chi connectivity index (χ2n) is 12.2. The average molecular weight is 613 g/mol. The van der Waals surface area contributed by atoms with Crippen LogP contribution in [0.3, 0.4) is 0 Å². The number of nitriles is 2. The summed E-state index contributed by atoms with van der Waals surface area (Å²) in [5.41, 5.74) is 12.7. The van der Waals surface area contributed by atoms with E-state index in [-0.39, 0.29) is 0 Å². The van der Waals surface area contributed by atoms with E-state index in [2.05, 4.69) is 149 Å². The molecule has 0 saturated carbocycles. The Morgan fingerprint density at radius 2 is 1.08 bits per heavy atom. The van der Waals surface area contributed by atoms with Crippen LogP contribution in [-0.4, -0.2) is 9.13 Å². The third kappa shape index (κ3) is 4.00. The zero-order chi connectivity index (χ0) is 32.2. The summed E-state index contributed by atoms with van der Waals surface area (Å²) in [6.45, 7) is 0. The van der Waals surface area contributed by atoms with Crippen molar-refractivity contribution in [3.63, 3.8) is 0 Å². The molecule has 224 valence electrons. The third-order valence-electron chi connectivity index (χ3n) is 9.71. The molecule has 0 saturated heterocycles. The maximum Gasteiger partial charge on any atom is 0.102 e. The Hall–Kier alpha value is -6.62. The number of aromatic nitrogens is 2. The molecule has 0 aliphatic heterocycles. The van der Waals surface area contributed by atoms with E-state index in [1.807, 2.05) is 18.2 Å². The van der Waals surface area contributed by atoms with E-state index in [4.69, 9.17) is 0 Å². The Morgan fingerprint density at radius 3 is 1.81 bits per heavy atom. The molecule has 2 aromatic heterocycles. The number of rotatable bonds is 4. The molecule has 48 heavy (non-hydrogen) atoms. The first-order chi connectivity index (χ1) is 23.8. The van der Waals surface area contributed by atoms with Crippen LogP contribution < -0.4 is 0 Å². The molecule has 0 spiro atoms. The van der Waals surface area contributed by atoms with Gasteiger partial charge in [0.15, 0.2) is 0 Å². The van der Waals surface area contributed by atoms with Crippen molar-refractivity contribution in [2.75, 3.05) is 0 Å². The smallest absolute Gasteiger partial charge is 0.102 e. The maximum atomic E-state index is 10.9. The van der Waals surface area contributed by atoms with Gasteiger partial charge in [-0.1, -0.05) is 109 Å². The van der Waals surface area contributed by atoms with Crippen LogP contribution in [0.1, 0.15) is 28.8 Å². The van der Waals surface area contributed by atoms with Crippen molar-refractivity contribution in [2.24, 2.45) is 0 Å². The van der Waals surface area contributed by atoms with Crippen LogP contribution in [0.25, 0.3) is 72.4 Å². The number of para-hydroxylation sites is 3. The number of hydrogen-bond acceptors (Lipinski definition) is 2. The molecule has 0 unspecified atom stereocenters. The number of allylic oxidation sites excluding steroid dienone is 1. The third-order valence-corrected chi connectivity index (χ3v) is 9.71. The normalized spacial score (nSPS) is 12.3. The number of nitrogens with zero attached hydrogens (tertiary/aromatic N) is 4. The maximum absolute atomic E-state index is 10.9. The average Bonchev–Trinajstić information content (AvgIpc) is 3.67. The molecule has 1 aliphatic carbocycles. The van der Waals surface area contributed by atoms with Gasteiger partial charge in [-0.3, -0.25) is 0 Å². The molecule has 9 rings (SSSR count). The van der Waals surface area contributed by atoms with Crippen LogP contribution >= 0.6 is 0 Å². The van der Waals surface area contributed by atoms with E-state index >= 15 is 0 Å². The minimum atomic E-state index is 0.626. The van der Waals surface area contributed by atoms with Crippen LogP contribution in [0.2, 0.25) is 0 Å². The molecule has 0 amide bonds. The van der Waals surface area contributed by atoms with Gasteiger partial charge in [0, 0.05) is 38.5 Å². The fraction of sp³-hybridized carbons (Fsp3) is 0.0455. The molecule has 1 aliphatic rings. The summed E-state index contributed by atoms with van der Waals surface area (Å²) < 4.78 is 4.57. The van der Waals surface area contributed by atoms with Crippen molar-refractivity contribution in [1.82, 2.24) is 9.13 Å². The van der Waals surface area contributed by atoms with Crippen molar-refractivity contribution < 1.29 is 0 Å². The molecular weight excluding hydrogens is 585 g/mol. The quantitative estimate of drug-likeness (QED) is 0.199. The lowest BCUT2D eigenvalue weighted by Gasteiger charge is -2.20. The van der Waals surface area contributed by atoms with Crippen molar-refractivity contribution in [3.8, 4) is 45.8 Å². The van der Waals surface area contributed by atoms with Crippen molar-refractivity contribution in [2.45, 2.75) is 12.8 Å². The Labute approximate surface area is 278 Å². The number of fused-ring (bicyclic) bond motifs is 6. The highest BCUT2D eigenvalue weighted by Crippen LogP contribution is 2.43. The zero-order valence-electron chi connectivity index (χ0n) is 26.1. The first kappa shape index (κ1) is 27.7. The van der Waals surface area contributed by atoms with Gasteiger partial charge in [-0.15, -0.1) is 0 Å². The molecule has 8 aromatic rings. The predicted molar refractivity (Wildman–Crippen MR) is 195 cm³/mol. The largest absolute Gasteiger partial charge is 0.312 e. The molecule has 6 aromatic carbocycles. The van der Waals surface area contributed by atoms with E-state index in [1.54, 1.807) is 0 Å². The Bertz CT molecular complexity index is 2650. The molecule has 0 atom stereocenters. The van der Waals surface area contributed by atoms with Gasteiger partial charge in [0.1, 0.15) is 6.07 Å². The summed E-state index contributed by atoms with van der Waals surface area (Å²) in [7, 11) is 0. The first-order valence-corrected chi connectivity index (χ1v) is 16.2. The highest BCUT2D eigenvalue weighted by molar-refractivity contribution is 6.09. The molecule has 4 nitrogen and oxygen atoms in total. The van der Waals surface area contributed by atoms with Crippen LogP contribution in [-0.2, 0) is 6.42 Å². The second kappa shape index (κ2) is 11.0. The van der Waals surface area contributed by atoms with Crippen LogP contribution in [0.15, 0.2) is 140 Å². The van der Waals surface area contributed by atoms with Crippen molar-refractivity contribution in [1.29, 1.82) is 10.5 Å². The lowest BCUT2D eigenvalue weighted by atomic mass is 9.90.